The molecule has 1 N–H and O–H groups in total. The van der Waals surface area contributed by atoms with E-state index in [1.54, 1.807) is 12.1 Å². The number of anilines is 1. The first-order chi connectivity index (χ1) is 13.6. The Morgan fingerprint density at radius 1 is 1.04 bits per heavy atom. The van der Waals surface area contributed by atoms with Crippen LogP contribution >= 0.6 is 11.6 Å². The summed E-state index contributed by atoms with van der Waals surface area (Å²) in [6.45, 7) is 1.95. The zero-order valence-corrected chi connectivity index (χ0v) is 16.0. The first kappa shape index (κ1) is 18.0. The number of nitrogens with zero attached hydrogens (tertiary/aromatic N) is 2. The van der Waals surface area contributed by atoms with E-state index in [2.05, 4.69) is 10.3 Å². The SMILES string of the molecule is Cc1ccc(NC(=O)/C=C/c2nc3ccccc3n2-c2ccccc2)c(Cl)c1. The van der Waals surface area contributed by atoms with Gasteiger partial charge in [-0.05, 0) is 55.0 Å². The van der Waals surface area contributed by atoms with Crippen molar-refractivity contribution in [1.82, 2.24) is 9.55 Å². The highest BCUT2D eigenvalue weighted by molar-refractivity contribution is 6.33. The number of para-hydroxylation sites is 3. The minimum Gasteiger partial charge on any atom is -0.321 e. The quantitative estimate of drug-likeness (QED) is 0.460. The van der Waals surface area contributed by atoms with Crippen molar-refractivity contribution < 1.29 is 4.79 Å². The van der Waals surface area contributed by atoms with Gasteiger partial charge in [-0.15, -0.1) is 0 Å². The molecule has 0 bridgehead atoms. The lowest BCUT2D eigenvalue weighted by Gasteiger charge is -2.07. The maximum Gasteiger partial charge on any atom is 0.248 e. The third-order valence-electron chi connectivity index (χ3n) is 4.37. The fourth-order valence-corrected chi connectivity index (χ4v) is 3.33. The summed E-state index contributed by atoms with van der Waals surface area (Å²) in [7, 11) is 0. The molecule has 3 aromatic carbocycles. The monoisotopic (exact) mass is 387 g/mol. The summed E-state index contributed by atoms with van der Waals surface area (Å²) in [5.41, 5.74) is 4.45. The number of rotatable bonds is 4. The highest BCUT2D eigenvalue weighted by atomic mass is 35.5. The van der Waals surface area contributed by atoms with E-state index in [0.717, 1.165) is 22.3 Å². The molecular weight excluding hydrogens is 370 g/mol. The number of imidazole rings is 1. The molecular formula is C23H18ClN3O. The molecule has 0 aliphatic heterocycles. The van der Waals surface area contributed by atoms with E-state index in [1.165, 1.54) is 6.08 Å². The number of nitrogens with one attached hydrogen (secondary N) is 1. The van der Waals surface area contributed by atoms with Crippen LogP contribution in [0.15, 0.2) is 78.9 Å². The van der Waals surface area contributed by atoms with Crippen molar-refractivity contribution in [2.24, 2.45) is 0 Å². The molecule has 0 saturated carbocycles. The van der Waals surface area contributed by atoms with Crippen LogP contribution in [0.5, 0.6) is 0 Å². The molecule has 1 amide bonds. The molecule has 28 heavy (non-hydrogen) atoms. The molecule has 1 aromatic heterocycles. The minimum atomic E-state index is -0.266. The summed E-state index contributed by atoms with van der Waals surface area (Å²) in [5.74, 6) is 0.412. The summed E-state index contributed by atoms with van der Waals surface area (Å²) in [4.78, 5) is 17.1. The molecule has 0 unspecified atom stereocenters. The molecule has 0 radical (unpaired) electrons. The number of aryl methyl sites for hydroxylation is 1. The molecule has 4 nitrogen and oxygen atoms in total. The molecule has 0 aliphatic carbocycles. The number of hydrogen-bond acceptors (Lipinski definition) is 2. The Balaban J connectivity index is 1.66. The van der Waals surface area contributed by atoms with Crippen molar-refractivity contribution in [2.75, 3.05) is 5.32 Å². The minimum absolute atomic E-state index is 0.266. The summed E-state index contributed by atoms with van der Waals surface area (Å²) in [6, 6.07) is 23.3. The third kappa shape index (κ3) is 3.68. The lowest BCUT2D eigenvalue weighted by Crippen LogP contribution is -2.08. The summed E-state index contributed by atoms with van der Waals surface area (Å²) < 4.78 is 2.03. The molecule has 4 aromatic rings. The molecule has 0 saturated heterocycles. The average Bonchev–Trinajstić information content (AvgIpc) is 3.07. The number of halogens is 1. The number of carbonyl (C=O) groups excluding carboxylic acids is 1. The molecule has 4 rings (SSSR count). The standard InChI is InChI=1S/C23H18ClN3O/c1-16-11-12-19(18(24)15-16)26-23(28)14-13-22-25-20-9-5-6-10-21(20)27(22)17-7-3-2-4-8-17/h2-15H,1H3,(H,26,28)/b14-13+. The van der Waals surface area contributed by atoms with E-state index in [4.69, 9.17) is 11.6 Å². The van der Waals surface area contributed by atoms with Gasteiger partial charge in [0.1, 0.15) is 5.82 Å². The van der Waals surface area contributed by atoms with Gasteiger partial charge in [0.05, 0.1) is 21.7 Å². The summed E-state index contributed by atoms with van der Waals surface area (Å²) in [6.07, 6.45) is 3.18. The highest BCUT2D eigenvalue weighted by Gasteiger charge is 2.10. The van der Waals surface area contributed by atoms with E-state index >= 15 is 0 Å². The lowest BCUT2D eigenvalue weighted by molar-refractivity contribution is -0.111. The smallest absolute Gasteiger partial charge is 0.248 e. The maximum atomic E-state index is 12.4. The Morgan fingerprint density at radius 3 is 2.57 bits per heavy atom. The van der Waals surface area contributed by atoms with Gasteiger partial charge in [-0.25, -0.2) is 4.98 Å². The average molecular weight is 388 g/mol. The van der Waals surface area contributed by atoms with Crippen LogP contribution in [-0.4, -0.2) is 15.5 Å². The van der Waals surface area contributed by atoms with Crippen molar-refractivity contribution in [3.63, 3.8) is 0 Å². The van der Waals surface area contributed by atoms with Gasteiger partial charge in [-0.3, -0.25) is 9.36 Å². The molecule has 0 fully saturated rings. The predicted molar refractivity (Wildman–Crippen MR) is 115 cm³/mol. The topological polar surface area (TPSA) is 46.9 Å². The van der Waals surface area contributed by atoms with E-state index < -0.39 is 0 Å². The predicted octanol–water partition coefficient (Wildman–Crippen LogP) is 5.64. The number of benzene rings is 3. The summed E-state index contributed by atoms with van der Waals surface area (Å²) in [5, 5.41) is 3.32. The second-order valence-electron chi connectivity index (χ2n) is 6.44. The fraction of sp³-hybridized carbons (Fsp3) is 0.0435. The normalized spacial score (nSPS) is 11.2. The van der Waals surface area contributed by atoms with Crippen LogP contribution in [0.3, 0.4) is 0 Å². The van der Waals surface area contributed by atoms with Gasteiger partial charge in [0, 0.05) is 11.8 Å². The zero-order valence-electron chi connectivity index (χ0n) is 15.3. The second-order valence-corrected chi connectivity index (χ2v) is 6.84. The Hall–Kier alpha value is -3.37. The third-order valence-corrected chi connectivity index (χ3v) is 4.68. The molecule has 5 heteroatoms. The molecule has 0 atom stereocenters. The maximum absolute atomic E-state index is 12.4. The van der Waals surface area contributed by atoms with E-state index in [-0.39, 0.29) is 5.91 Å². The van der Waals surface area contributed by atoms with Crippen molar-refractivity contribution >= 4 is 40.3 Å². The molecule has 1 heterocycles. The van der Waals surface area contributed by atoms with Gasteiger partial charge in [0.15, 0.2) is 0 Å². The van der Waals surface area contributed by atoms with Crippen LogP contribution in [0.1, 0.15) is 11.4 Å². The second kappa shape index (κ2) is 7.71. The zero-order chi connectivity index (χ0) is 19.5. The van der Waals surface area contributed by atoms with E-state index in [9.17, 15) is 4.79 Å². The Labute approximate surface area is 168 Å². The van der Waals surface area contributed by atoms with E-state index in [1.807, 2.05) is 78.2 Å². The van der Waals surface area contributed by atoms with Gasteiger partial charge in [0.2, 0.25) is 5.91 Å². The van der Waals surface area contributed by atoms with Crippen LogP contribution in [0.2, 0.25) is 5.02 Å². The number of amides is 1. The van der Waals surface area contributed by atoms with E-state index in [0.29, 0.717) is 16.5 Å². The molecule has 0 aliphatic rings. The Bertz CT molecular complexity index is 1180. The lowest BCUT2D eigenvalue weighted by atomic mass is 10.2. The first-order valence-electron chi connectivity index (χ1n) is 8.90. The van der Waals surface area contributed by atoms with Crippen LogP contribution in [0.25, 0.3) is 22.8 Å². The number of aromatic nitrogens is 2. The van der Waals surface area contributed by atoms with Crippen LogP contribution < -0.4 is 5.32 Å². The van der Waals surface area contributed by atoms with Crippen molar-refractivity contribution in [2.45, 2.75) is 6.92 Å². The van der Waals surface area contributed by atoms with Crippen molar-refractivity contribution in [3.8, 4) is 5.69 Å². The Morgan fingerprint density at radius 2 is 1.79 bits per heavy atom. The van der Waals surface area contributed by atoms with Gasteiger partial charge in [-0.2, -0.15) is 0 Å². The van der Waals surface area contributed by atoms with Crippen LogP contribution in [-0.2, 0) is 4.79 Å². The number of carbonyl (C=O) groups is 1. The van der Waals surface area contributed by atoms with Crippen molar-refractivity contribution in [3.05, 3.63) is 95.3 Å². The Kier molecular flexibility index (Phi) is 4.96. The molecule has 0 spiro atoms. The first-order valence-corrected chi connectivity index (χ1v) is 9.28. The largest absolute Gasteiger partial charge is 0.321 e. The van der Waals surface area contributed by atoms with Crippen LogP contribution in [0.4, 0.5) is 5.69 Å². The summed E-state index contributed by atoms with van der Waals surface area (Å²) >= 11 is 6.19. The molecule has 138 valence electrons. The fourth-order valence-electron chi connectivity index (χ4n) is 3.05. The number of fused-ring (bicyclic) bond motifs is 1. The van der Waals surface area contributed by atoms with Gasteiger partial charge >= 0.3 is 0 Å². The number of hydrogen-bond donors (Lipinski definition) is 1. The highest BCUT2D eigenvalue weighted by Crippen LogP contribution is 2.24. The van der Waals surface area contributed by atoms with Gasteiger partial charge < -0.3 is 5.32 Å². The van der Waals surface area contributed by atoms with Crippen LogP contribution in [0, 0.1) is 6.92 Å². The van der Waals surface area contributed by atoms with Crippen molar-refractivity contribution in [1.29, 1.82) is 0 Å². The van der Waals surface area contributed by atoms with Gasteiger partial charge in [-0.1, -0.05) is 48.0 Å². The van der Waals surface area contributed by atoms with Gasteiger partial charge in [0.25, 0.3) is 0 Å².